The SMILES string of the molecule is O=C(COC(=O)c1cc(S(=O)(=O)N2CCOCC2)ccc1N1CCCCC1)NC1CC1. The number of anilines is 1. The summed E-state index contributed by atoms with van der Waals surface area (Å²) >= 11 is 0. The molecule has 10 heteroatoms. The lowest BCUT2D eigenvalue weighted by atomic mass is 10.1. The van der Waals surface area contributed by atoms with Gasteiger partial charge in [0.05, 0.1) is 29.4 Å². The average molecular weight is 452 g/mol. The number of carbonyl (C=O) groups is 2. The number of esters is 1. The Balaban J connectivity index is 1.58. The number of benzene rings is 1. The first kappa shape index (κ1) is 22.0. The van der Waals surface area contributed by atoms with Crippen LogP contribution in [0.4, 0.5) is 5.69 Å². The number of hydrogen-bond acceptors (Lipinski definition) is 7. The number of piperidine rings is 1. The first-order valence-electron chi connectivity index (χ1n) is 10.9. The number of ether oxygens (including phenoxy) is 2. The van der Waals surface area contributed by atoms with Crippen LogP contribution in [0.3, 0.4) is 0 Å². The summed E-state index contributed by atoms with van der Waals surface area (Å²) in [4.78, 5) is 27.0. The fourth-order valence-electron chi connectivity index (χ4n) is 3.89. The van der Waals surface area contributed by atoms with Crippen molar-refractivity contribution >= 4 is 27.6 Å². The minimum Gasteiger partial charge on any atom is -0.452 e. The number of hydrogen-bond donors (Lipinski definition) is 1. The van der Waals surface area contributed by atoms with Crippen LogP contribution in [0.2, 0.25) is 0 Å². The van der Waals surface area contributed by atoms with E-state index in [1.807, 2.05) is 0 Å². The predicted octanol–water partition coefficient (Wildman–Crippen LogP) is 1.13. The second kappa shape index (κ2) is 9.54. The largest absolute Gasteiger partial charge is 0.452 e. The van der Waals surface area contributed by atoms with Gasteiger partial charge in [-0.3, -0.25) is 4.79 Å². The van der Waals surface area contributed by atoms with Gasteiger partial charge in [-0.1, -0.05) is 0 Å². The van der Waals surface area contributed by atoms with Crippen molar-refractivity contribution < 1.29 is 27.5 Å². The average Bonchev–Trinajstić information content (AvgIpc) is 3.62. The van der Waals surface area contributed by atoms with E-state index < -0.39 is 16.0 Å². The molecule has 0 bridgehead atoms. The molecule has 1 aliphatic carbocycles. The van der Waals surface area contributed by atoms with Gasteiger partial charge in [0.2, 0.25) is 10.0 Å². The third-order valence-electron chi connectivity index (χ3n) is 5.77. The number of nitrogens with zero attached hydrogens (tertiary/aromatic N) is 2. The van der Waals surface area contributed by atoms with Crippen molar-refractivity contribution in [3.05, 3.63) is 23.8 Å². The molecule has 2 heterocycles. The van der Waals surface area contributed by atoms with E-state index >= 15 is 0 Å². The first-order chi connectivity index (χ1) is 14.9. The number of morpholine rings is 1. The van der Waals surface area contributed by atoms with Gasteiger partial charge < -0.3 is 19.7 Å². The molecule has 1 saturated carbocycles. The maximum absolute atomic E-state index is 13.1. The van der Waals surface area contributed by atoms with Gasteiger partial charge in [0.15, 0.2) is 6.61 Å². The van der Waals surface area contributed by atoms with Gasteiger partial charge in [0.25, 0.3) is 5.91 Å². The standard InChI is InChI=1S/C21H29N3O6S/c25-20(22-16-4-5-16)15-30-21(26)18-14-17(31(27,28)24-10-12-29-13-11-24)6-7-19(18)23-8-2-1-3-9-23/h6-7,14,16H,1-5,8-13,15H2,(H,22,25). The van der Waals surface area contributed by atoms with Crippen LogP contribution in [0, 0.1) is 0 Å². The second-order valence-electron chi connectivity index (χ2n) is 8.16. The number of amides is 1. The number of rotatable bonds is 7. The molecule has 0 spiro atoms. The monoisotopic (exact) mass is 451 g/mol. The quantitative estimate of drug-likeness (QED) is 0.620. The van der Waals surface area contributed by atoms with Gasteiger partial charge >= 0.3 is 5.97 Å². The Bertz CT molecular complexity index is 919. The summed E-state index contributed by atoms with van der Waals surface area (Å²) in [6.07, 6.45) is 5.03. The molecule has 2 aliphatic heterocycles. The molecule has 3 aliphatic rings. The zero-order valence-electron chi connectivity index (χ0n) is 17.5. The Hall–Kier alpha value is -2.17. The molecule has 4 rings (SSSR count). The summed E-state index contributed by atoms with van der Waals surface area (Å²) < 4.78 is 38.0. The fraction of sp³-hybridized carbons (Fsp3) is 0.619. The Labute approximate surface area is 182 Å². The van der Waals surface area contributed by atoms with Crippen molar-refractivity contribution in [1.29, 1.82) is 0 Å². The number of sulfonamides is 1. The van der Waals surface area contributed by atoms with Gasteiger partial charge in [0.1, 0.15) is 0 Å². The highest BCUT2D eigenvalue weighted by Crippen LogP contribution is 2.29. The number of carbonyl (C=O) groups excluding carboxylic acids is 2. The fourth-order valence-corrected chi connectivity index (χ4v) is 5.33. The van der Waals surface area contributed by atoms with E-state index in [0.29, 0.717) is 18.9 Å². The van der Waals surface area contributed by atoms with Crippen molar-refractivity contribution in [1.82, 2.24) is 9.62 Å². The van der Waals surface area contributed by atoms with Crippen LogP contribution >= 0.6 is 0 Å². The maximum atomic E-state index is 13.1. The minimum absolute atomic E-state index is 0.0459. The highest BCUT2D eigenvalue weighted by molar-refractivity contribution is 7.89. The van der Waals surface area contributed by atoms with E-state index in [9.17, 15) is 18.0 Å². The Morgan fingerprint density at radius 2 is 1.77 bits per heavy atom. The highest BCUT2D eigenvalue weighted by atomic mass is 32.2. The van der Waals surface area contributed by atoms with Crippen LogP contribution in [0.25, 0.3) is 0 Å². The molecule has 0 aromatic heterocycles. The van der Waals surface area contributed by atoms with Gasteiger partial charge in [-0.15, -0.1) is 0 Å². The molecule has 0 atom stereocenters. The third-order valence-corrected chi connectivity index (χ3v) is 7.66. The predicted molar refractivity (Wildman–Crippen MR) is 114 cm³/mol. The van der Waals surface area contributed by atoms with Crippen LogP contribution in [0.1, 0.15) is 42.5 Å². The Kier molecular flexibility index (Phi) is 6.78. The first-order valence-corrected chi connectivity index (χ1v) is 12.3. The molecule has 2 saturated heterocycles. The minimum atomic E-state index is -3.76. The third kappa shape index (κ3) is 5.36. The van der Waals surface area contributed by atoms with E-state index in [2.05, 4.69) is 10.2 Å². The van der Waals surface area contributed by atoms with Crippen LogP contribution < -0.4 is 10.2 Å². The van der Waals surface area contributed by atoms with Crippen LogP contribution in [-0.2, 0) is 24.3 Å². The molecule has 1 aromatic rings. The Morgan fingerprint density at radius 3 is 2.45 bits per heavy atom. The lowest BCUT2D eigenvalue weighted by Gasteiger charge is -2.31. The summed E-state index contributed by atoms with van der Waals surface area (Å²) in [7, 11) is -3.76. The van der Waals surface area contributed by atoms with Crippen molar-refractivity contribution in [2.45, 2.75) is 43.0 Å². The van der Waals surface area contributed by atoms with Crippen LogP contribution in [-0.4, -0.2) is 76.6 Å². The van der Waals surface area contributed by atoms with E-state index in [4.69, 9.17) is 9.47 Å². The van der Waals surface area contributed by atoms with Crippen molar-refractivity contribution in [3.8, 4) is 0 Å². The second-order valence-corrected chi connectivity index (χ2v) is 10.1. The molecule has 0 unspecified atom stereocenters. The lowest BCUT2D eigenvalue weighted by molar-refractivity contribution is -0.124. The molecular formula is C21H29N3O6S. The molecule has 0 radical (unpaired) electrons. The summed E-state index contributed by atoms with van der Waals surface area (Å²) in [5.41, 5.74) is 0.823. The van der Waals surface area contributed by atoms with Crippen molar-refractivity contribution in [3.63, 3.8) is 0 Å². The van der Waals surface area contributed by atoms with Crippen LogP contribution in [0.5, 0.6) is 0 Å². The molecule has 31 heavy (non-hydrogen) atoms. The molecule has 170 valence electrons. The lowest BCUT2D eigenvalue weighted by Crippen LogP contribution is -2.40. The van der Waals surface area contributed by atoms with Gasteiger partial charge in [-0.25, -0.2) is 13.2 Å². The zero-order valence-corrected chi connectivity index (χ0v) is 18.4. The zero-order chi connectivity index (χ0) is 21.8. The summed E-state index contributed by atoms with van der Waals surface area (Å²) in [5, 5.41) is 2.78. The van der Waals surface area contributed by atoms with E-state index in [0.717, 1.165) is 45.2 Å². The van der Waals surface area contributed by atoms with Crippen LogP contribution in [0.15, 0.2) is 23.1 Å². The Morgan fingerprint density at radius 1 is 1.06 bits per heavy atom. The topological polar surface area (TPSA) is 105 Å². The van der Waals surface area contributed by atoms with Gasteiger partial charge in [0, 0.05) is 32.2 Å². The molecular weight excluding hydrogens is 422 g/mol. The maximum Gasteiger partial charge on any atom is 0.340 e. The van der Waals surface area contributed by atoms with Gasteiger partial charge in [-0.2, -0.15) is 4.31 Å². The molecule has 1 aromatic carbocycles. The highest BCUT2D eigenvalue weighted by Gasteiger charge is 2.30. The van der Waals surface area contributed by atoms with E-state index in [1.165, 1.54) is 10.4 Å². The van der Waals surface area contributed by atoms with Crippen molar-refractivity contribution in [2.24, 2.45) is 0 Å². The summed E-state index contributed by atoms with van der Waals surface area (Å²) in [6, 6.07) is 4.79. The normalized spacial score (nSPS) is 20.3. The van der Waals surface area contributed by atoms with E-state index in [-0.39, 0.29) is 42.1 Å². The van der Waals surface area contributed by atoms with E-state index in [1.54, 1.807) is 12.1 Å². The molecule has 3 fully saturated rings. The molecule has 9 nitrogen and oxygen atoms in total. The van der Waals surface area contributed by atoms with Gasteiger partial charge in [-0.05, 0) is 50.3 Å². The number of nitrogens with one attached hydrogen (secondary N) is 1. The van der Waals surface area contributed by atoms with Crippen molar-refractivity contribution in [2.75, 3.05) is 50.9 Å². The summed E-state index contributed by atoms with van der Waals surface area (Å²) in [5.74, 6) is -1.03. The summed E-state index contributed by atoms with van der Waals surface area (Å²) in [6.45, 7) is 2.44. The molecule has 1 amide bonds. The smallest absolute Gasteiger partial charge is 0.340 e. The molecule has 1 N–H and O–H groups in total.